The van der Waals surface area contributed by atoms with Gasteiger partial charge >= 0.3 is 0 Å². The average Bonchev–Trinajstić information content (AvgIpc) is 2.27. The summed E-state index contributed by atoms with van der Waals surface area (Å²) in [5.74, 6) is -0.706. The third-order valence-corrected chi connectivity index (χ3v) is 2.62. The highest BCUT2D eigenvalue weighted by Gasteiger charge is 2.30. The lowest BCUT2D eigenvalue weighted by molar-refractivity contribution is -0.218. The van der Waals surface area contributed by atoms with Gasteiger partial charge in [-0.2, -0.15) is 0 Å². The molecule has 15 heavy (non-hydrogen) atoms. The minimum Gasteiger partial charge on any atom is -0.349 e. The van der Waals surface area contributed by atoms with E-state index >= 15 is 0 Å². The molecule has 0 bridgehead atoms. The molecule has 0 unspecified atom stereocenters. The van der Waals surface area contributed by atoms with Crippen molar-refractivity contribution in [1.82, 2.24) is 0 Å². The fourth-order valence-electron chi connectivity index (χ4n) is 1.67. The van der Waals surface area contributed by atoms with E-state index in [2.05, 4.69) is 0 Å². The Kier molecular flexibility index (Phi) is 4.27. The number of hydrogen-bond acceptors (Lipinski definition) is 3. The maximum Gasteiger partial charge on any atom is 0.195 e. The normalized spacial score (nSPS) is 11.7. The van der Waals surface area contributed by atoms with Crippen LogP contribution in [-0.4, -0.2) is 20.8 Å². The van der Waals surface area contributed by atoms with Gasteiger partial charge in [0.2, 0.25) is 0 Å². The van der Waals surface area contributed by atoms with Crippen molar-refractivity contribution in [1.29, 1.82) is 0 Å². The summed E-state index contributed by atoms with van der Waals surface area (Å²) in [4.78, 5) is 0. The molecule has 0 saturated heterocycles. The van der Waals surface area contributed by atoms with Crippen LogP contribution in [0.15, 0.2) is 24.3 Å². The third-order valence-electron chi connectivity index (χ3n) is 2.62. The van der Waals surface area contributed by atoms with Crippen molar-refractivity contribution in [2.75, 3.05) is 20.8 Å². The maximum atomic E-state index is 5.57. The first-order chi connectivity index (χ1) is 7.18. The highest BCUT2D eigenvalue weighted by Crippen LogP contribution is 2.29. The average molecular weight is 209 g/mol. The van der Waals surface area contributed by atoms with Gasteiger partial charge in [0.25, 0.3) is 0 Å². The van der Waals surface area contributed by atoms with Crippen molar-refractivity contribution in [3.8, 4) is 0 Å². The van der Waals surface area contributed by atoms with E-state index in [1.165, 1.54) is 5.56 Å². The highest BCUT2D eigenvalue weighted by molar-refractivity contribution is 5.25. The van der Waals surface area contributed by atoms with Gasteiger partial charge in [-0.05, 0) is 13.5 Å². The summed E-state index contributed by atoms with van der Waals surface area (Å²) in [6, 6.07) is 8.10. The summed E-state index contributed by atoms with van der Waals surface area (Å²) in [5.41, 5.74) is 7.79. The topological polar surface area (TPSA) is 44.5 Å². The minimum atomic E-state index is -0.706. The van der Waals surface area contributed by atoms with Crippen LogP contribution in [0.2, 0.25) is 0 Å². The van der Waals surface area contributed by atoms with Crippen molar-refractivity contribution in [2.45, 2.75) is 19.1 Å². The van der Waals surface area contributed by atoms with E-state index in [4.69, 9.17) is 15.2 Å². The first-order valence-corrected chi connectivity index (χ1v) is 5.06. The summed E-state index contributed by atoms with van der Waals surface area (Å²) in [6.07, 6.45) is 0.642. The van der Waals surface area contributed by atoms with Crippen molar-refractivity contribution in [3.05, 3.63) is 35.4 Å². The molecule has 1 rings (SSSR count). The fraction of sp³-hybridized carbons (Fsp3) is 0.500. The Labute approximate surface area is 91.2 Å². The molecular weight excluding hydrogens is 190 g/mol. The van der Waals surface area contributed by atoms with Crippen molar-refractivity contribution < 1.29 is 9.47 Å². The predicted molar refractivity (Wildman–Crippen MR) is 60.5 cm³/mol. The number of aryl methyl sites for hydroxylation is 1. The van der Waals surface area contributed by atoms with Crippen molar-refractivity contribution >= 4 is 0 Å². The Bertz CT molecular complexity index is 291. The van der Waals surface area contributed by atoms with E-state index in [9.17, 15) is 0 Å². The molecule has 3 nitrogen and oxygen atoms in total. The number of benzene rings is 1. The number of methoxy groups -OCH3 is 2. The highest BCUT2D eigenvalue weighted by atomic mass is 16.7. The molecule has 0 radical (unpaired) electrons. The van der Waals surface area contributed by atoms with Crippen LogP contribution in [-0.2, 0) is 15.3 Å². The van der Waals surface area contributed by atoms with Crippen LogP contribution in [0.1, 0.15) is 17.5 Å². The first kappa shape index (κ1) is 12.2. The zero-order chi connectivity index (χ0) is 11.3. The Hall–Kier alpha value is -0.900. The van der Waals surface area contributed by atoms with Crippen LogP contribution >= 0.6 is 0 Å². The van der Waals surface area contributed by atoms with E-state index in [1.807, 2.05) is 31.2 Å². The molecule has 0 amide bonds. The van der Waals surface area contributed by atoms with Crippen molar-refractivity contribution in [3.63, 3.8) is 0 Å². The Morgan fingerprint density at radius 1 is 1.13 bits per heavy atom. The third kappa shape index (κ3) is 2.56. The van der Waals surface area contributed by atoms with Gasteiger partial charge in [0, 0.05) is 26.2 Å². The zero-order valence-electron chi connectivity index (χ0n) is 9.62. The molecular formula is C12H19NO2. The van der Waals surface area contributed by atoms with E-state index in [-0.39, 0.29) is 0 Å². The largest absolute Gasteiger partial charge is 0.349 e. The van der Waals surface area contributed by atoms with Gasteiger partial charge in [-0.15, -0.1) is 0 Å². The molecule has 0 aliphatic carbocycles. The molecule has 84 valence electrons. The molecule has 0 heterocycles. The molecule has 0 spiro atoms. The van der Waals surface area contributed by atoms with E-state index in [0.717, 1.165) is 5.56 Å². The Morgan fingerprint density at radius 2 is 1.67 bits per heavy atom. The second kappa shape index (κ2) is 5.26. The number of ether oxygens (including phenoxy) is 2. The van der Waals surface area contributed by atoms with Crippen LogP contribution in [0.25, 0.3) is 0 Å². The van der Waals surface area contributed by atoms with Gasteiger partial charge in [0.05, 0.1) is 0 Å². The van der Waals surface area contributed by atoms with Crippen LogP contribution < -0.4 is 5.73 Å². The maximum absolute atomic E-state index is 5.57. The quantitative estimate of drug-likeness (QED) is 0.752. The summed E-state index contributed by atoms with van der Waals surface area (Å²) < 4.78 is 10.9. The second-order valence-electron chi connectivity index (χ2n) is 3.57. The summed E-state index contributed by atoms with van der Waals surface area (Å²) in [6.45, 7) is 2.57. The van der Waals surface area contributed by atoms with Crippen LogP contribution in [0, 0.1) is 6.92 Å². The molecule has 0 aromatic heterocycles. The second-order valence-corrected chi connectivity index (χ2v) is 3.57. The molecule has 0 aliphatic rings. The lowest BCUT2D eigenvalue weighted by Crippen LogP contribution is -2.33. The molecule has 3 heteroatoms. The first-order valence-electron chi connectivity index (χ1n) is 5.06. The summed E-state index contributed by atoms with van der Waals surface area (Å²) in [7, 11) is 3.28. The SMILES string of the molecule is COC(CCN)(OC)c1ccc(C)cc1. The molecule has 0 atom stereocenters. The number of rotatable bonds is 5. The smallest absolute Gasteiger partial charge is 0.195 e. The standard InChI is InChI=1S/C12H19NO2/c1-10-4-6-11(7-5-10)12(14-2,15-3)8-9-13/h4-7H,8-9,13H2,1-3H3. The predicted octanol–water partition coefficient (Wildman–Crippen LogP) is 1.79. The van der Waals surface area contributed by atoms with Gasteiger partial charge < -0.3 is 15.2 Å². The van der Waals surface area contributed by atoms with Crippen molar-refractivity contribution in [2.24, 2.45) is 5.73 Å². The Morgan fingerprint density at radius 3 is 2.07 bits per heavy atom. The molecule has 0 saturated carbocycles. The fourth-order valence-corrected chi connectivity index (χ4v) is 1.67. The lowest BCUT2D eigenvalue weighted by atomic mass is 10.0. The van der Waals surface area contributed by atoms with E-state index in [0.29, 0.717) is 13.0 Å². The van der Waals surface area contributed by atoms with Crippen LogP contribution in [0.3, 0.4) is 0 Å². The summed E-state index contributed by atoms with van der Waals surface area (Å²) >= 11 is 0. The molecule has 1 aromatic rings. The van der Waals surface area contributed by atoms with Gasteiger partial charge in [-0.3, -0.25) is 0 Å². The molecule has 0 fully saturated rings. The van der Waals surface area contributed by atoms with Crippen LogP contribution in [0.5, 0.6) is 0 Å². The Balaban J connectivity index is 3.02. The molecule has 0 aliphatic heterocycles. The number of nitrogens with two attached hydrogens (primary N) is 1. The monoisotopic (exact) mass is 209 g/mol. The number of hydrogen-bond donors (Lipinski definition) is 1. The van der Waals surface area contributed by atoms with Crippen LogP contribution in [0.4, 0.5) is 0 Å². The minimum absolute atomic E-state index is 0.523. The molecule has 1 aromatic carbocycles. The van der Waals surface area contributed by atoms with Gasteiger partial charge in [-0.25, -0.2) is 0 Å². The van der Waals surface area contributed by atoms with Gasteiger partial charge in [-0.1, -0.05) is 29.8 Å². The zero-order valence-corrected chi connectivity index (χ0v) is 9.62. The van der Waals surface area contributed by atoms with E-state index < -0.39 is 5.79 Å². The molecule has 2 N–H and O–H groups in total. The van der Waals surface area contributed by atoms with Gasteiger partial charge in [0.1, 0.15) is 0 Å². The lowest BCUT2D eigenvalue weighted by Gasteiger charge is -2.31. The summed E-state index contributed by atoms with van der Waals surface area (Å²) in [5, 5.41) is 0. The van der Waals surface area contributed by atoms with Gasteiger partial charge in [0.15, 0.2) is 5.79 Å². The van der Waals surface area contributed by atoms with E-state index in [1.54, 1.807) is 14.2 Å².